The lowest BCUT2D eigenvalue weighted by atomic mass is 10.1. The summed E-state index contributed by atoms with van der Waals surface area (Å²) in [5.74, 6) is -0.757. The van der Waals surface area contributed by atoms with Crippen molar-refractivity contribution in [3.05, 3.63) is 76.3 Å². The maximum Gasteiger partial charge on any atom is 0.326 e. The molecule has 0 unspecified atom stereocenters. The van der Waals surface area contributed by atoms with E-state index in [2.05, 4.69) is 0 Å². The van der Waals surface area contributed by atoms with Crippen LogP contribution in [0.3, 0.4) is 0 Å². The van der Waals surface area contributed by atoms with Crippen LogP contribution in [0.15, 0.2) is 65.6 Å². The molecule has 0 saturated carbocycles. The van der Waals surface area contributed by atoms with E-state index in [0.29, 0.717) is 5.39 Å². The van der Waals surface area contributed by atoms with E-state index in [0.717, 1.165) is 9.69 Å². The highest BCUT2D eigenvalue weighted by Gasteiger charge is 2.31. The summed E-state index contributed by atoms with van der Waals surface area (Å²) in [6, 6.07) is 16.0. The van der Waals surface area contributed by atoms with Crippen molar-refractivity contribution >= 4 is 38.1 Å². The minimum Gasteiger partial charge on any atom is -0.465 e. The first-order chi connectivity index (χ1) is 14.3. The third-order valence-electron chi connectivity index (χ3n) is 4.63. The summed E-state index contributed by atoms with van der Waals surface area (Å²) in [6.07, 6.45) is 0. The summed E-state index contributed by atoms with van der Waals surface area (Å²) in [5, 5.41) is 12.9. The third kappa shape index (κ3) is 4.11. The second kappa shape index (κ2) is 8.50. The Kier molecular flexibility index (Phi) is 6.02. The largest absolute Gasteiger partial charge is 0.465 e. The van der Waals surface area contributed by atoms with Crippen LogP contribution < -0.4 is 4.31 Å². The van der Waals surface area contributed by atoms with Gasteiger partial charge >= 0.3 is 5.97 Å². The molecule has 30 heavy (non-hydrogen) atoms. The molecule has 0 spiro atoms. The smallest absolute Gasteiger partial charge is 0.326 e. The van der Waals surface area contributed by atoms with Crippen molar-refractivity contribution in [2.24, 2.45) is 0 Å². The van der Waals surface area contributed by atoms with Gasteiger partial charge in [0.15, 0.2) is 0 Å². The van der Waals surface area contributed by atoms with Gasteiger partial charge in [-0.15, -0.1) is 0 Å². The standard InChI is InChI=1S/C21H20N2O6S/c1-3-29-21(24)14-22(19-9-6-10-20(15(19)2)23(25)26)30(27,28)18-12-11-16-7-4-5-8-17(16)13-18/h4-13H,3,14H2,1-2H3. The van der Waals surface area contributed by atoms with Gasteiger partial charge in [-0.25, -0.2) is 8.42 Å². The second-order valence-corrected chi connectivity index (χ2v) is 8.37. The number of hydrogen-bond donors (Lipinski definition) is 0. The first-order valence-electron chi connectivity index (χ1n) is 9.17. The van der Waals surface area contributed by atoms with Gasteiger partial charge in [0.05, 0.1) is 27.7 Å². The van der Waals surface area contributed by atoms with E-state index >= 15 is 0 Å². The van der Waals surface area contributed by atoms with Crippen molar-refractivity contribution in [1.29, 1.82) is 0 Å². The lowest BCUT2D eigenvalue weighted by Crippen LogP contribution is -2.37. The van der Waals surface area contributed by atoms with Crippen molar-refractivity contribution in [3.63, 3.8) is 0 Å². The number of nitro benzene ring substituents is 1. The van der Waals surface area contributed by atoms with Gasteiger partial charge in [-0.2, -0.15) is 0 Å². The quantitative estimate of drug-likeness (QED) is 0.322. The number of carbonyl (C=O) groups excluding carboxylic acids is 1. The highest BCUT2D eigenvalue weighted by atomic mass is 32.2. The minimum atomic E-state index is -4.21. The van der Waals surface area contributed by atoms with Gasteiger partial charge < -0.3 is 4.74 Å². The molecule has 156 valence electrons. The monoisotopic (exact) mass is 428 g/mol. The lowest BCUT2D eigenvalue weighted by Gasteiger charge is -2.25. The molecule has 3 rings (SSSR count). The van der Waals surface area contributed by atoms with Gasteiger partial charge in [-0.1, -0.05) is 36.4 Å². The number of carbonyl (C=O) groups is 1. The topological polar surface area (TPSA) is 107 Å². The Morgan fingerprint density at radius 1 is 1.07 bits per heavy atom. The first-order valence-corrected chi connectivity index (χ1v) is 10.6. The predicted octanol–water partition coefficient (Wildman–Crippen LogP) is 3.81. The molecule has 0 fully saturated rings. The average molecular weight is 428 g/mol. The lowest BCUT2D eigenvalue weighted by molar-refractivity contribution is -0.385. The van der Waals surface area contributed by atoms with E-state index in [9.17, 15) is 23.3 Å². The number of hydrogen-bond acceptors (Lipinski definition) is 6. The third-order valence-corrected chi connectivity index (χ3v) is 6.38. The molecule has 0 amide bonds. The van der Waals surface area contributed by atoms with Crippen LogP contribution in [0.2, 0.25) is 0 Å². The molecule has 0 radical (unpaired) electrons. The van der Waals surface area contributed by atoms with Crippen LogP contribution in [0.5, 0.6) is 0 Å². The summed E-state index contributed by atoms with van der Waals surface area (Å²) in [7, 11) is -4.21. The number of nitrogens with zero attached hydrogens (tertiary/aromatic N) is 2. The molecule has 0 aliphatic rings. The fourth-order valence-electron chi connectivity index (χ4n) is 3.16. The number of esters is 1. The van der Waals surface area contributed by atoms with E-state index in [1.807, 2.05) is 12.1 Å². The Labute approximate surface area is 173 Å². The molecule has 0 N–H and O–H groups in total. The van der Waals surface area contributed by atoms with Gasteiger partial charge in [-0.05, 0) is 42.8 Å². The maximum atomic E-state index is 13.5. The molecule has 8 nitrogen and oxygen atoms in total. The molecule has 0 aliphatic heterocycles. The van der Waals surface area contributed by atoms with Crippen molar-refractivity contribution in [2.75, 3.05) is 17.5 Å². The Morgan fingerprint density at radius 3 is 2.43 bits per heavy atom. The molecule has 9 heteroatoms. The SMILES string of the molecule is CCOC(=O)CN(c1cccc([N+](=O)[O-])c1C)S(=O)(=O)c1ccc2ccccc2c1. The van der Waals surface area contributed by atoms with Crippen LogP contribution in [0.4, 0.5) is 11.4 Å². The number of fused-ring (bicyclic) bond motifs is 1. The van der Waals surface area contributed by atoms with Gasteiger partial charge in [0, 0.05) is 6.07 Å². The van der Waals surface area contributed by atoms with E-state index in [-0.39, 0.29) is 28.4 Å². The summed E-state index contributed by atoms with van der Waals surface area (Å²) >= 11 is 0. The fraction of sp³-hybridized carbons (Fsp3) is 0.190. The van der Waals surface area contributed by atoms with Crippen LogP contribution in [-0.2, 0) is 19.6 Å². The molecule has 0 aliphatic carbocycles. The highest BCUT2D eigenvalue weighted by Crippen LogP contribution is 2.32. The van der Waals surface area contributed by atoms with Crippen molar-refractivity contribution < 1.29 is 22.9 Å². The Bertz CT molecular complexity index is 1220. The summed E-state index contributed by atoms with van der Waals surface area (Å²) in [5.41, 5.74) is -0.0587. The molecule has 3 aromatic carbocycles. The first kappa shape index (κ1) is 21.3. The summed E-state index contributed by atoms with van der Waals surface area (Å²) in [4.78, 5) is 22.9. The number of ether oxygens (including phenoxy) is 1. The molecule has 0 saturated heterocycles. The molecule has 0 aromatic heterocycles. The molecule has 0 bridgehead atoms. The summed E-state index contributed by atoms with van der Waals surface area (Å²) < 4.78 is 32.8. The molecule has 0 heterocycles. The van der Waals surface area contributed by atoms with Gasteiger partial charge in [0.25, 0.3) is 15.7 Å². The number of benzene rings is 3. The Morgan fingerprint density at radius 2 is 1.77 bits per heavy atom. The molecule has 0 atom stereocenters. The summed E-state index contributed by atoms with van der Waals surface area (Å²) in [6.45, 7) is 2.53. The molecular formula is C21H20N2O6S. The van der Waals surface area contributed by atoms with Crippen LogP contribution in [0.1, 0.15) is 12.5 Å². The van der Waals surface area contributed by atoms with Crippen LogP contribution in [0.25, 0.3) is 10.8 Å². The van der Waals surface area contributed by atoms with Gasteiger partial charge in [-0.3, -0.25) is 19.2 Å². The number of sulfonamides is 1. The number of rotatable bonds is 7. The zero-order valence-electron chi connectivity index (χ0n) is 16.4. The van der Waals surface area contributed by atoms with Gasteiger partial charge in [0.1, 0.15) is 6.54 Å². The highest BCUT2D eigenvalue weighted by molar-refractivity contribution is 7.92. The maximum absolute atomic E-state index is 13.5. The second-order valence-electron chi connectivity index (χ2n) is 6.50. The van der Waals surface area contributed by atoms with E-state index in [1.54, 1.807) is 25.1 Å². The van der Waals surface area contributed by atoms with E-state index < -0.39 is 27.5 Å². The molecule has 3 aromatic rings. The average Bonchev–Trinajstić information content (AvgIpc) is 2.72. The Hall–Kier alpha value is -3.46. The zero-order chi connectivity index (χ0) is 21.9. The predicted molar refractivity (Wildman–Crippen MR) is 113 cm³/mol. The fourth-order valence-corrected chi connectivity index (χ4v) is 4.66. The van der Waals surface area contributed by atoms with E-state index in [4.69, 9.17) is 4.74 Å². The van der Waals surface area contributed by atoms with Crippen LogP contribution in [0, 0.1) is 17.0 Å². The number of anilines is 1. The van der Waals surface area contributed by atoms with Crippen molar-refractivity contribution in [1.82, 2.24) is 0 Å². The van der Waals surface area contributed by atoms with Crippen molar-refractivity contribution in [2.45, 2.75) is 18.7 Å². The molecular weight excluding hydrogens is 408 g/mol. The van der Waals surface area contributed by atoms with E-state index in [1.165, 1.54) is 37.3 Å². The zero-order valence-corrected chi connectivity index (χ0v) is 17.3. The van der Waals surface area contributed by atoms with Gasteiger partial charge in [0.2, 0.25) is 0 Å². The normalized spacial score (nSPS) is 11.3. The van der Waals surface area contributed by atoms with Crippen LogP contribution in [-0.4, -0.2) is 32.5 Å². The Balaban J connectivity index is 2.17. The van der Waals surface area contributed by atoms with Crippen LogP contribution >= 0.6 is 0 Å². The minimum absolute atomic E-state index is 0.0311. The number of nitro groups is 1. The van der Waals surface area contributed by atoms with Crippen molar-refractivity contribution in [3.8, 4) is 0 Å².